The minimum Gasteiger partial charge on any atom is -0.458 e. The summed E-state index contributed by atoms with van der Waals surface area (Å²) in [4.78, 5) is 25.2. The molecule has 1 aromatic carbocycles. The number of carbonyl (C=O) groups is 1. The first-order chi connectivity index (χ1) is 18.0. The summed E-state index contributed by atoms with van der Waals surface area (Å²) >= 11 is 0. The van der Waals surface area contributed by atoms with Crippen LogP contribution in [0.15, 0.2) is 41.6 Å². The number of nitrogens with zero attached hydrogens (tertiary/aromatic N) is 1. The Labute approximate surface area is 228 Å². The Morgan fingerprint density at radius 3 is 2.42 bits per heavy atom. The number of hydrogen-bond acceptors (Lipinski definition) is 4. The Morgan fingerprint density at radius 1 is 1.00 bits per heavy atom. The number of nitro groups is 1. The highest BCUT2D eigenvalue weighted by Crippen LogP contribution is 2.68. The predicted octanol–water partition coefficient (Wildman–Crippen LogP) is 8.47. The summed E-state index contributed by atoms with van der Waals surface area (Å²) in [5.74, 6) is 3.34. The Morgan fingerprint density at radius 2 is 1.74 bits per heavy atom. The minimum absolute atomic E-state index is 0.0885. The second-order valence-corrected chi connectivity index (χ2v) is 14.0. The molecule has 0 bridgehead atoms. The lowest BCUT2D eigenvalue weighted by atomic mass is 9.46. The summed E-state index contributed by atoms with van der Waals surface area (Å²) in [6.07, 6.45) is 9.96. The van der Waals surface area contributed by atoms with Crippen molar-refractivity contribution in [2.75, 3.05) is 0 Å². The van der Waals surface area contributed by atoms with Gasteiger partial charge < -0.3 is 4.74 Å². The Bertz CT molecular complexity index is 1080. The van der Waals surface area contributed by atoms with E-state index in [1.54, 1.807) is 12.1 Å². The number of allylic oxidation sites excluding steroid dienone is 1. The quantitative estimate of drug-likeness (QED) is 0.205. The van der Waals surface area contributed by atoms with Crippen molar-refractivity contribution in [3.8, 4) is 0 Å². The van der Waals surface area contributed by atoms with Crippen molar-refractivity contribution in [3.05, 3.63) is 57.3 Å². The molecular formula is C33H47NO4. The average molecular weight is 522 g/mol. The highest BCUT2D eigenvalue weighted by molar-refractivity contribution is 5.89. The normalized spacial score (nSPS) is 37.3. The van der Waals surface area contributed by atoms with Gasteiger partial charge in [0.2, 0.25) is 5.70 Å². The summed E-state index contributed by atoms with van der Waals surface area (Å²) in [5.41, 5.74) is 2.09. The van der Waals surface area contributed by atoms with E-state index >= 15 is 0 Å². The third-order valence-electron chi connectivity index (χ3n) is 11.6. The van der Waals surface area contributed by atoms with E-state index in [-0.39, 0.29) is 22.4 Å². The van der Waals surface area contributed by atoms with E-state index < -0.39 is 0 Å². The summed E-state index contributed by atoms with van der Waals surface area (Å²) < 4.78 is 5.91. The van der Waals surface area contributed by atoms with Crippen molar-refractivity contribution in [1.29, 1.82) is 0 Å². The van der Waals surface area contributed by atoms with Gasteiger partial charge in [0.25, 0.3) is 0 Å². The van der Waals surface area contributed by atoms with Crippen LogP contribution in [-0.2, 0) is 4.74 Å². The molecule has 0 heterocycles. The van der Waals surface area contributed by atoms with Crippen molar-refractivity contribution >= 4 is 5.97 Å². The first kappa shape index (κ1) is 27.4. The molecule has 208 valence electrons. The lowest BCUT2D eigenvalue weighted by Gasteiger charge is -2.58. The van der Waals surface area contributed by atoms with Gasteiger partial charge in [-0.05, 0) is 97.0 Å². The fourth-order valence-electron chi connectivity index (χ4n) is 9.59. The van der Waals surface area contributed by atoms with Gasteiger partial charge in [-0.15, -0.1) is 0 Å². The summed E-state index contributed by atoms with van der Waals surface area (Å²) in [7, 11) is 0. The monoisotopic (exact) mass is 521 g/mol. The average Bonchev–Trinajstić information content (AvgIpc) is 3.25. The van der Waals surface area contributed by atoms with Gasteiger partial charge in [-0.1, -0.05) is 65.7 Å². The zero-order valence-electron chi connectivity index (χ0n) is 24.1. The van der Waals surface area contributed by atoms with E-state index in [0.29, 0.717) is 47.3 Å². The van der Waals surface area contributed by atoms with Crippen LogP contribution in [0.3, 0.4) is 0 Å². The van der Waals surface area contributed by atoms with Crippen molar-refractivity contribution in [1.82, 2.24) is 0 Å². The topological polar surface area (TPSA) is 69.4 Å². The van der Waals surface area contributed by atoms with Crippen LogP contribution in [-0.4, -0.2) is 17.0 Å². The van der Waals surface area contributed by atoms with Crippen LogP contribution in [0.5, 0.6) is 0 Å². The molecule has 0 spiro atoms. The van der Waals surface area contributed by atoms with Gasteiger partial charge in [-0.2, -0.15) is 0 Å². The predicted molar refractivity (Wildman–Crippen MR) is 150 cm³/mol. The highest BCUT2D eigenvalue weighted by Gasteiger charge is 2.62. The maximum atomic E-state index is 12.8. The zero-order chi connectivity index (χ0) is 27.2. The van der Waals surface area contributed by atoms with Crippen LogP contribution in [0, 0.1) is 56.5 Å². The number of carbonyl (C=O) groups excluding carboxylic acids is 1. The third kappa shape index (κ3) is 4.73. The maximum Gasteiger partial charge on any atom is 0.338 e. The summed E-state index contributed by atoms with van der Waals surface area (Å²) in [6, 6.07) is 9.07. The lowest BCUT2D eigenvalue weighted by Crippen LogP contribution is -2.52. The molecule has 8 atom stereocenters. The van der Waals surface area contributed by atoms with Crippen molar-refractivity contribution in [2.24, 2.45) is 46.3 Å². The lowest BCUT2D eigenvalue weighted by molar-refractivity contribution is -0.434. The first-order valence-electron chi connectivity index (χ1n) is 15.2. The molecular weight excluding hydrogens is 474 g/mol. The molecule has 0 aliphatic heterocycles. The zero-order valence-corrected chi connectivity index (χ0v) is 24.1. The van der Waals surface area contributed by atoms with Crippen molar-refractivity contribution < 1.29 is 14.5 Å². The molecule has 0 amide bonds. The van der Waals surface area contributed by atoms with Gasteiger partial charge in [0.15, 0.2) is 0 Å². The van der Waals surface area contributed by atoms with Crippen LogP contribution in [0.4, 0.5) is 0 Å². The van der Waals surface area contributed by atoms with E-state index in [4.69, 9.17) is 4.74 Å². The fourth-order valence-corrected chi connectivity index (χ4v) is 9.59. The molecule has 4 aliphatic rings. The third-order valence-corrected chi connectivity index (χ3v) is 11.6. The van der Waals surface area contributed by atoms with Crippen molar-refractivity contribution in [3.63, 3.8) is 0 Å². The van der Waals surface area contributed by atoms with Gasteiger partial charge in [-0.3, -0.25) is 10.1 Å². The van der Waals surface area contributed by atoms with E-state index in [1.807, 2.05) is 18.2 Å². The first-order valence-corrected chi connectivity index (χ1v) is 15.2. The number of rotatable bonds is 7. The molecule has 4 aliphatic carbocycles. The summed E-state index contributed by atoms with van der Waals surface area (Å²) in [6.45, 7) is 11.9. The molecule has 0 aromatic heterocycles. The van der Waals surface area contributed by atoms with Crippen LogP contribution >= 0.6 is 0 Å². The molecule has 0 N–H and O–H groups in total. The van der Waals surface area contributed by atoms with Gasteiger partial charge in [-0.25, -0.2) is 4.79 Å². The molecule has 0 saturated heterocycles. The second-order valence-electron chi connectivity index (χ2n) is 14.0. The maximum absolute atomic E-state index is 12.8. The van der Waals surface area contributed by atoms with Crippen LogP contribution < -0.4 is 0 Å². The number of hydrogen-bond donors (Lipinski definition) is 0. The van der Waals surface area contributed by atoms with Gasteiger partial charge in [0.1, 0.15) is 6.10 Å². The minimum atomic E-state index is -0.326. The molecule has 5 heteroatoms. The number of fused-ring (bicyclic) bond motifs is 5. The van der Waals surface area contributed by atoms with Crippen LogP contribution in [0.2, 0.25) is 0 Å². The second kappa shape index (κ2) is 10.4. The van der Waals surface area contributed by atoms with Gasteiger partial charge >= 0.3 is 5.97 Å². The Kier molecular flexibility index (Phi) is 7.52. The smallest absolute Gasteiger partial charge is 0.338 e. The Hall–Kier alpha value is -2.17. The van der Waals surface area contributed by atoms with E-state index in [1.165, 1.54) is 38.5 Å². The van der Waals surface area contributed by atoms with Crippen molar-refractivity contribution in [2.45, 2.75) is 105 Å². The fraction of sp³-hybridized carbons (Fsp3) is 0.727. The highest BCUT2D eigenvalue weighted by atomic mass is 16.6. The molecule has 5 nitrogen and oxygen atoms in total. The van der Waals surface area contributed by atoms with E-state index in [0.717, 1.165) is 36.2 Å². The molecule has 3 saturated carbocycles. The largest absolute Gasteiger partial charge is 0.458 e. The molecule has 5 rings (SSSR count). The number of esters is 1. The molecule has 1 aromatic rings. The van der Waals surface area contributed by atoms with E-state index in [2.05, 4.69) is 34.6 Å². The number of ether oxygens (including phenoxy) is 1. The van der Waals surface area contributed by atoms with E-state index in [9.17, 15) is 14.9 Å². The van der Waals surface area contributed by atoms with Crippen LogP contribution in [0.1, 0.15) is 109 Å². The number of benzene rings is 1. The summed E-state index contributed by atoms with van der Waals surface area (Å²) in [5, 5.41) is 12.5. The van der Waals surface area contributed by atoms with Gasteiger partial charge in [0, 0.05) is 18.4 Å². The molecule has 0 radical (unpaired) electrons. The SMILES string of the molecule is CC(C)CCC(C)C1CCC2C3CC([N+](=O)[O-])=C4CC(OC(=O)c5ccccc5)CCC4(C)C3CCC12C. The van der Waals surface area contributed by atoms with Crippen LogP contribution in [0.25, 0.3) is 0 Å². The molecule has 8 unspecified atom stereocenters. The standard InChI is InChI=1S/C33H47NO4/c1-21(2)11-12-22(3)26-13-14-27-25-20-30(34(36)37)29-19-24(38-31(35)23-9-7-6-8-10-23)15-17-33(29,5)28(25)16-18-32(26,27)4/h6-10,21-22,24-28H,11-20H2,1-5H3. The molecule has 38 heavy (non-hydrogen) atoms. The Balaban J connectivity index is 1.38. The van der Waals surface area contributed by atoms with Gasteiger partial charge in [0.05, 0.1) is 10.5 Å². The molecule has 3 fully saturated rings.